The highest BCUT2D eigenvalue weighted by Crippen LogP contribution is 2.36. The third kappa shape index (κ3) is 3.05. The van der Waals surface area contributed by atoms with Gasteiger partial charge < -0.3 is 29.8 Å². The molecule has 5 rings (SSSR count). The number of fused-ring (bicyclic) bond motifs is 3. The summed E-state index contributed by atoms with van der Waals surface area (Å²) in [4.78, 5) is 14.4. The number of aromatic nitrogens is 3. The maximum absolute atomic E-state index is 10.5. The Bertz CT molecular complexity index is 1230. The van der Waals surface area contributed by atoms with Crippen molar-refractivity contribution in [3.63, 3.8) is 0 Å². The number of anilines is 1. The lowest BCUT2D eigenvalue weighted by molar-refractivity contribution is 0.355. The van der Waals surface area contributed by atoms with Crippen molar-refractivity contribution in [1.82, 2.24) is 20.3 Å². The molecule has 8 nitrogen and oxygen atoms in total. The van der Waals surface area contributed by atoms with E-state index in [1.807, 2.05) is 36.4 Å². The van der Waals surface area contributed by atoms with Crippen LogP contribution in [0.15, 0.2) is 36.4 Å². The lowest BCUT2D eigenvalue weighted by Gasteiger charge is -2.27. The fraction of sp³-hybridized carbons (Fsp3) is 0.273. The Morgan fingerprint density at radius 3 is 2.43 bits per heavy atom. The molecule has 3 N–H and O–H groups in total. The smallest absolute Gasteiger partial charge is 0.240 e. The number of benzene rings is 2. The lowest BCUT2D eigenvalue weighted by atomic mass is 10.0. The van der Waals surface area contributed by atoms with Gasteiger partial charge in [-0.25, -0.2) is 4.98 Å². The lowest BCUT2D eigenvalue weighted by Crippen LogP contribution is -2.44. The molecule has 8 heteroatoms. The van der Waals surface area contributed by atoms with Crippen LogP contribution >= 0.6 is 0 Å². The number of hydrogen-bond donors (Lipinski definition) is 3. The molecular weight excluding hydrogens is 382 g/mol. The van der Waals surface area contributed by atoms with Crippen LogP contribution in [-0.2, 0) is 0 Å². The van der Waals surface area contributed by atoms with Crippen LogP contribution in [0.2, 0.25) is 0 Å². The van der Waals surface area contributed by atoms with Crippen molar-refractivity contribution < 1.29 is 14.6 Å². The van der Waals surface area contributed by atoms with Gasteiger partial charge in [-0.1, -0.05) is 18.2 Å². The molecule has 1 saturated heterocycles. The second kappa shape index (κ2) is 7.38. The summed E-state index contributed by atoms with van der Waals surface area (Å²) in [7, 11) is 3.25. The first-order valence-electron chi connectivity index (χ1n) is 9.88. The molecular formula is C22H23N5O3. The van der Waals surface area contributed by atoms with Gasteiger partial charge in [0.2, 0.25) is 11.8 Å². The molecule has 2 aromatic heterocycles. The molecule has 0 saturated carbocycles. The van der Waals surface area contributed by atoms with Crippen LogP contribution in [0.5, 0.6) is 17.4 Å². The van der Waals surface area contributed by atoms with Crippen LogP contribution in [-0.4, -0.2) is 60.5 Å². The number of aromatic hydroxyl groups is 1. The molecule has 1 aliphatic heterocycles. The van der Waals surface area contributed by atoms with E-state index in [4.69, 9.17) is 14.5 Å². The van der Waals surface area contributed by atoms with Crippen molar-refractivity contribution in [2.24, 2.45) is 0 Å². The van der Waals surface area contributed by atoms with Gasteiger partial charge in [0.05, 0.1) is 14.2 Å². The zero-order chi connectivity index (χ0) is 20.7. The fourth-order valence-corrected chi connectivity index (χ4v) is 3.94. The maximum atomic E-state index is 10.5. The average molecular weight is 405 g/mol. The highest BCUT2D eigenvalue weighted by atomic mass is 16.5. The number of piperazine rings is 1. The van der Waals surface area contributed by atoms with E-state index in [9.17, 15) is 5.11 Å². The third-order valence-electron chi connectivity index (χ3n) is 5.53. The Morgan fingerprint density at radius 2 is 1.67 bits per heavy atom. The number of nitrogens with one attached hydrogen (secondary N) is 2. The van der Waals surface area contributed by atoms with Gasteiger partial charge in [-0.15, -0.1) is 0 Å². The molecule has 2 aromatic carbocycles. The Morgan fingerprint density at radius 1 is 0.933 bits per heavy atom. The van der Waals surface area contributed by atoms with Gasteiger partial charge in [0.25, 0.3) is 0 Å². The van der Waals surface area contributed by atoms with Crippen LogP contribution < -0.4 is 19.7 Å². The molecule has 0 unspecified atom stereocenters. The van der Waals surface area contributed by atoms with E-state index < -0.39 is 0 Å². The third-order valence-corrected chi connectivity index (χ3v) is 5.53. The number of rotatable bonds is 4. The minimum absolute atomic E-state index is 0.0302. The number of methoxy groups -OCH3 is 2. The van der Waals surface area contributed by atoms with Gasteiger partial charge in [-0.3, -0.25) is 0 Å². The maximum Gasteiger partial charge on any atom is 0.240 e. The van der Waals surface area contributed by atoms with E-state index in [0.29, 0.717) is 23.0 Å². The molecule has 0 spiro atoms. The van der Waals surface area contributed by atoms with E-state index in [0.717, 1.165) is 53.7 Å². The van der Waals surface area contributed by atoms with Crippen molar-refractivity contribution in [3.8, 4) is 28.5 Å². The predicted octanol–water partition coefficient (Wildman–Crippen LogP) is 2.91. The number of hydrogen-bond acceptors (Lipinski definition) is 7. The zero-order valence-electron chi connectivity index (χ0n) is 16.9. The van der Waals surface area contributed by atoms with E-state index in [2.05, 4.69) is 20.2 Å². The van der Waals surface area contributed by atoms with Crippen LogP contribution in [0.1, 0.15) is 0 Å². The van der Waals surface area contributed by atoms with Crippen LogP contribution in [0, 0.1) is 0 Å². The monoisotopic (exact) mass is 405 g/mol. The predicted molar refractivity (Wildman–Crippen MR) is 117 cm³/mol. The van der Waals surface area contributed by atoms with Crippen LogP contribution in [0.3, 0.4) is 0 Å². The first-order chi connectivity index (χ1) is 14.7. The second-order valence-corrected chi connectivity index (χ2v) is 7.26. The average Bonchev–Trinajstić information content (AvgIpc) is 3.17. The standard InChI is InChI=1S/C22H23N5O3/c1-29-17-6-4-14(12-18(17)30-2)13-3-5-15-16(11-13)24-20-19(15)25-22(26-21(20)28)27-9-7-23-8-10-27/h3-6,11-12,23-24H,7-10H2,1-2H3,(H,25,26,28). The van der Waals surface area contributed by atoms with E-state index in [1.165, 1.54) is 0 Å². The number of ether oxygens (including phenoxy) is 2. The molecule has 1 aliphatic rings. The molecule has 0 radical (unpaired) electrons. The largest absolute Gasteiger partial charge is 0.493 e. The van der Waals surface area contributed by atoms with Gasteiger partial charge in [0, 0.05) is 37.1 Å². The summed E-state index contributed by atoms with van der Waals surface area (Å²) < 4.78 is 10.8. The molecule has 1 fully saturated rings. The van der Waals surface area contributed by atoms with Gasteiger partial charge in [-0.2, -0.15) is 4.98 Å². The number of aromatic amines is 1. The SMILES string of the molecule is COc1ccc(-c2ccc3c(c2)[nH]c2c(O)nc(N4CCNCC4)nc23)cc1OC. The molecule has 4 aromatic rings. The van der Waals surface area contributed by atoms with Crippen LogP contribution in [0.4, 0.5) is 5.95 Å². The van der Waals surface area contributed by atoms with Crippen molar-refractivity contribution >= 4 is 27.9 Å². The van der Waals surface area contributed by atoms with Crippen molar-refractivity contribution in [3.05, 3.63) is 36.4 Å². The van der Waals surface area contributed by atoms with Gasteiger partial charge >= 0.3 is 0 Å². The Kier molecular flexibility index (Phi) is 4.55. The van der Waals surface area contributed by atoms with Crippen molar-refractivity contribution in [2.45, 2.75) is 0 Å². The summed E-state index contributed by atoms with van der Waals surface area (Å²) in [5.41, 5.74) is 4.19. The van der Waals surface area contributed by atoms with Crippen LogP contribution in [0.25, 0.3) is 33.1 Å². The highest BCUT2D eigenvalue weighted by molar-refractivity contribution is 6.07. The highest BCUT2D eigenvalue weighted by Gasteiger charge is 2.19. The molecule has 3 heterocycles. The Hall–Kier alpha value is -3.52. The normalized spacial score (nSPS) is 14.4. The quantitative estimate of drug-likeness (QED) is 0.480. The second-order valence-electron chi connectivity index (χ2n) is 7.26. The zero-order valence-corrected chi connectivity index (χ0v) is 16.9. The summed E-state index contributed by atoms with van der Waals surface area (Å²) in [6.45, 7) is 3.39. The Balaban J connectivity index is 1.60. The minimum atomic E-state index is -0.0302. The van der Waals surface area contributed by atoms with Gasteiger partial charge in [0.15, 0.2) is 11.5 Å². The molecule has 0 aliphatic carbocycles. The first kappa shape index (κ1) is 18.5. The molecule has 0 amide bonds. The minimum Gasteiger partial charge on any atom is -0.493 e. The molecule has 0 bridgehead atoms. The Labute approximate surface area is 173 Å². The molecule has 30 heavy (non-hydrogen) atoms. The van der Waals surface area contributed by atoms with E-state index >= 15 is 0 Å². The summed E-state index contributed by atoms with van der Waals surface area (Å²) in [6.07, 6.45) is 0. The van der Waals surface area contributed by atoms with E-state index in [-0.39, 0.29) is 5.88 Å². The van der Waals surface area contributed by atoms with Gasteiger partial charge in [-0.05, 0) is 29.3 Å². The van der Waals surface area contributed by atoms with Gasteiger partial charge in [0.1, 0.15) is 11.0 Å². The topological polar surface area (TPSA) is 95.5 Å². The summed E-state index contributed by atoms with van der Waals surface area (Å²) in [5, 5.41) is 14.8. The molecule has 154 valence electrons. The summed E-state index contributed by atoms with van der Waals surface area (Å²) in [5.74, 6) is 1.90. The van der Waals surface area contributed by atoms with Crippen molar-refractivity contribution in [2.75, 3.05) is 45.3 Å². The summed E-state index contributed by atoms with van der Waals surface area (Å²) in [6, 6.07) is 11.9. The first-order valence-corrected chi connectivity index (χ1v) is 9.88. The summed E-state index contributed by atoms with van der Waals surface area (Å²) >= 11 is 0. The van der Waals surface area contributed by atoms with E-state index in [1.54, 1.807) is 14.2 Å². The van der Waals surface area contributed by atoms with Crippen molar-refractivity contribution in [1.29, 1.82) is 0 Å². The molecule has 0 atom stereocenters. The number of nitrogens with zero attached hydrogens (tertiary/aromatic N) is 3. The number of H-pyrrole nitrogens is 1. The fourth-order valence-electron chi connectivity index (χ4n) is 3.94.